The van der Waals surface area contributed by atoms with Gasteiger partial charge >= 0.3 is 0 Å². The number of piperidine rings is 1. The lowest BCUT2D eigenvalue weighted by molar-refractivity contribution is -0.115. The molecule has 2 aliphatic rings. The molecule has 2 aliphatic heterocycles. The van der Waals surface area contributed by atoms with Crippen molar-refractivity contribution in [2.24, 2.45) is 5.92 Å². The Morgan fingerprint density at radius 2 is 2.24 bits per heavy atom. The largest absolute Gasteiger partial charge is 0.324 e. The zero-order valence-corrected chi connectivity index (χ0v) is 14.8. The maximum Gasteiger partial charge on any atom is 0.286 e. The Hall–Kier alpha value is -1.41. The average molecular weight is 371 g/mol. The molecule has 3 unspecified atom stereocenters. The number of nitrogens with one attached hydrogen (secondary N) is 2. The first-order valence-corrected chi connectivity index (χ1v) is 9.65. The van der Waals surface area contributed by atoms with Gasteiger partial charge < -0.3 is 15.2 Å². The fourth-order valence-electron chi connectivity index (χ4n) is 3.55. The van der Waals surface area contributed by atoms with Crippen LogP contribution in [0.25, 0.3) is 0 Å². The van der Waals surface area contributed by atoms with Crippen LogP contribution < -0.4 is 16.2 Å². The molecule has 3 atom stereocenters. The van der Waals surface area contributed by atoms with E-state index in [-0.39, 0.29) is 23.4 Å². The second kappa shape index (κ2) is 8.31. The van der Waals surface area contributed by atoms with E-state index in [0.29, 0.717) is 11.2 Å². The highest BCUT2D eigenvalue weighted by Crippen LogP contribution is 2.40. The third-order valence-electron chi connectivity index (χ3n) is 4.84. The molecule has 1 aromatic rings. The quantitative estimate of drug-likeness (QED) is 0.833. The highest BCUT2D eigenvalue weighted by atomic mass is 32.2. The van der Waals surface area contributed by atoms with Gasteiger partial charge in [0.15, 0.2) is 5.82 Å². The first kappa shape index (κ1) is 18.4. The molecule has 1 aromatic heterocycles. The molecule has 3 heterocycles. The smallest absolute Gasteiger partial charge is 0.286 e. The number of pyridine rings is 1. The van der Waals surface area contributed by atoms with Crippen molar-refractivity contribution in [3.8, 4) is 0 Å². The number of aryl methyl sites for hydroxylation is 1. The van der Waals surface area contributed by atoms with Crippen LogP contribution in [0, 0.1) is 11.7 Å². The van der Waals surface area contributed by atoms with Crippen LogP contribution in [0.5, 0.6) is 0 Å². The van der Waals surface area contributed by atoms with E-state index < -0.39 is 18.1 Å². The number of carbonyl (C=O) groups excluding carboxylic acids is 1. The number of rotatable bonds is 5. The minimum absolute atomic E-state index is 0.170. The summed E-state index contributed by atoms with van der Waals surface area (Å²) in [5, 5.41) is 6.39. The highest BCUT2D eigenvalue weighted by molar-refractivity contribution is 8.01. The lowest BCUT2D eigenvalue weighted by atomic mass is 9.93. The van der Waals surface area contributed by atoms with Gasteiger partial charge in [0.25, 0.3) is 5.56 Å². The summed E-state index contributed by atoms with van der Waals surface area (Å²) in [5.41, 5.74) is -0.685. The summed E-state index contributed by atoms with van der Waals surface area (Å²) >= 11 is 1.69. The van der Waals surface area contributed by atoms with Crippen LogP contribution in [-0.4, -0.2) is 40.7 Å². The molecule has 5 nitrogen and oxygen atoms in total. The van der Waals surface area contributed by atoms with E-state index in [1.54, 1.807) is 11.8 Å². The topological polar surface area (TPSA) is 63.1 Å². The molecule has 2 fully saturated rings. The van der Waals surface area contributed by atoms with E-state index in [2.05, 4.69) is 10.6 Å². The van der Waals surface area contributed by atoms with E-state index in [9.17, 15) is 18.4 Å². The number of anilines is 1. The Kier molecular flexibility index (Phi) is 6.11. The number of halogens is 2. The van der Waals surface area contributed by atoms with Gasteiger partial charge in [0.1, 0.15) is 6.67 Å². The Bertz CT molecular complexity index is 676. The Morgan fingerprint density at radius 3 is 2.96 bits per heavy atom. The summed E-state index contributed by atoms with van der Waals surface area (Å²) in [7, 11) is 0. The normalized spacial score (nSPS) is 26.6. The van der Waals surface area contributed by atoms with Gasteiger partial charge in [-0.3, -0.25) is 9.59 Å². The van der Waals surface area contributed by atoms with Crippen molar-refractivity contribution in [1.29, 1.82) is 0 Å². The van der Waals surface area contributed by atoms with E-state index in [4.69, 9.17) is 0 Å². The molecule has 1 amide bonds. The van der Waals surface area contributed by atoms with Crippen molar-refractivity contribution in [2.45, 2.75) is 42.7 Å². The minimum Gasteiger partial charge on any atom is -0.324 e. The number of hydrogen-bond acceptors (Lipinski definition) is 4. The highest BCUT2D eigenvalue weighted by Gasteiger charge is 2.35. The Morgan fingerprint density at radius 1 is 1.40 bits per heavy atom. The standard InChI is InChI=1S/C17H23F2N3O2S/c18-5-7-22-10-12(8-13(19)17(22)24)21-16(23)15-4-3-14(25-15)11-2-1-6-20-9-11/h8,10-11,14-15,20H,1-7,9H2,(H,21,23). The van der Waals surface area contributed by atoms with Gasteiger partial charge in [0.05, 0.1) is 17.5 Å². The van der Waals surface area contributed by atoms with Crippen molar-refractivity contribution < 1.29 is 13.6 Å². The molecule has 3 rings (SSSR count). The predicted molar refractivity (Wildman–Crippen MR) is 95.3 cm³/mol. The lowest BCUT2D eigenvalue weighted by Crippen LogP contribution is -2.35. The number of hydrogen-bond donors (Lipinski definition) is 2. The summed E-state index contributed by atoms with van der Waals surface area (Å²) in [4.78, 5) is 24.0. The Balaban J connectivity index is 1.62. The van der Waals surface area contributed by atoms with E-state index in [0.717, 1.165) is 36.6 Å². The monoisotopic (exact) mass is 371 g/mol. The zero-order chi connectivity index (χ0) is 17.8. The lowest BCUT2D eigenvalue weighted by Gasteiger charge is -2.27. The SMILES string of the molecule is O=C(Nc1cc(F)c(=O)n(CCF)c1)C1CCC(C2CCCNC2)S1. The van der Waals surface area contributed by atoms with Gasteiger partial charge in [-0.1, -0.05) is 0 Å². The fraction of sp³-hybridized carbons (Fsp3) is 0.647. The number of amides is 1. The molecule has 8 heteroatoms. The third-order valence-corrected chi connectivity index (χ3v) is 6.59. The second-order valence-electron chi connectivity index (χ2n) is 6.60. The van der Waals surface area contributed by atoms with E-state index in [1.807, 2.05) is 0 Å². The van der Waals surface area contributed by atoms with Crippen molar-refractivity contribution >= 4 is 23.4 Å². The van der Waals surface area contributed by atoms with E-state index >= 15 is 0 Å². The van der Waals surface area contributed by atoms with Gasteiger partial charge in [-0.2, -0.15) is 0 Å². The van der Waals surface area contributed by atoms with Crippen LogP contribution in [0.3, 0.4) is 0 Å². The molecule has 0 aromatic carbocycles. The molecule has 0 saturated carbocycles. The maximum absolute atomic E-state index is 13.7. The van der Waals surface area contributed by atoms with Gasteiger partial charge in [-0.15, -0.1) is 11.8 Å². The molecule has 0 aliphatic carbocycles. The fourth-order valence-corrected chi connectivity index (χ4v) is 5.15. The van der Waals surface area contributed by atoms with Gasteiger partial charge in [-0.05, 0) is 44.7 Å². The average Bonchev–Trinajstić information content (AvgIpc) is 3.10. The summed E-state index contributed by atoms with van der Waals surface area (Å²) in [6.45, 7) is 1.07. The number of aromatic nitrogens is 1. The van der Waals surface area contributed by atoms with Crippen LogP contribution in [0.15, 0.2) is 17.1 Å². The van der Waals surface area contributed by atoms with Gasteiger partial charge in [0, 0.05) is 17.5 Å². The van der Waals surface area contributed by atoms with Crippen molar-refractivity contribution in [1.82, 2.24) is 9.88 Å². The molecule has 0 spiro atoms. The molecule has 0 bridgehead atoms. The molecular formula is C17H23F2N3O2S. The van der Waals surface area contributed by atoms with Crippen LogP contribution >= 0.6 is 11.8 Å². The molecule has 138 valence electrons. The molecular weight excluding hydrogens is 348 g/mol. The van der Waals surface area contributed by atoms with Crippen LogP contribution in [0.1, 0.15) is 25.7 Å². The van der Waals surface area contributed by atoms with Crippen LogP contribution in [0.2, 0.25) is 0 Å². The van der Waals surface area contributed by atoms with E-state index in [1.165, 1.54) is 19.0 Å². The second-order valence-corrected chi connectivity index (χ2v) is 8.05. The van der Waals surface area contributed by atoms with Crippen LogP contribution in [-0.2, 0) is 11.3 Å². The summed E-state index contributed by atoms with van der Waals surface area (Å²) < 4.78 is 27.1. The molecule has 25 heavy (non-hydrogen) atoms. The van der Waals surface area contributed by atoms with Crippen molar-refractivity contribution in [3.63, 3.8) is 0 Å². The number of carbonyl (C=O) groups is 1. The van der Waals surface area contributed by atoms with Crippen LogP contribution in [0.4, 0.5) is 14.5 Å². The minimum atomic E-state index is -0.989. The van der Waals surface area contributed by atoms with Crippen molar-refractivity contribution in [2.75, 3.05) is 25.1 Å². The number of alkyl halides is 1. The first-order valence-electron chi connectivity index (χ1n) is 8.71. The first-order chi connectivity index (χ1) is 12.1. The van der Waals surface area contributed by atoms with Gasteiger partial charge in [0.2, 0.25) is 5.91 Å². The number of nitrogens with zero attached hydrogens (tertiary/aromatic N) is 1. The predicted octanol–water partition coefficient (Wildman–Crippen LogP) is 2.16. The zero-order valence-electron chi connectivity index (χ0n) is 14.0. The summed E-state index contributed by atoms with van der Waals surface area (Å²) in [6, 6.07) is 0.997. The van der Waals surface area contributed by atoms with Crippen molar-refractivity contribution in [3.05, 3.63) is 28.4 Å². The Labute approximate surface area is 149 Å². The molecule has 2 saturated heterocycles. The summed E-state index contributed by atoms with van der Waals surface area (Å²) in [6.07, 6.45) is 5.46. The number of thioether (sulfide) groups is 1. The van der Waals surface area contributed by atoms with Gasteiger partial charge in [-0.25, -0.2) is 8.78 Å². The maximum atomic E-state index is 13.7. The molecule has 0 radical (unpaired) electrons. The molecule has 2 N–H and O–H groups in total. The third kappa shape index (κ3) is 4.41. The summed E-state index contributed by atoms with van der Waals surface area (Å²) in [5.74, 6) is -0.571.